The first-order valence-electron chi connectivity index (χ1n) is 5.53. The quantitative estimate of drug-likeness (QED) is 0.670. The number of nitrogens with two attached hydrogens (primary N) is 1. The zero-order valence-electron chi connectivity index (χ0n) is 10.1. The number of carbonyl (C=O) groups excluding carboxylic acids is 1. The van der Waals surface area contributed by atoms with Crippen LogP contribution >= 0.6 is 22.9 Å². The van der Waals surface area contributed by atoms with E-state index < -0.39 is 16.9 Å². The molecular weight excluding hydrogens is 302 g/mol. The number of non-ortho nitro benzene ring substituents is 1. The Kier molecular flexibility index (Phi) is 4.33. The lowest BCUT2D eigenvalue weighted by atomic mass is 10.2. The van der Waals surface area contributed by atoms with Gasteiger partial charge in [0.05, 0.1) is 15.6 Å². The highest BCUT2D eigenvalue weighted by molar-refractivity contribution is 7.10. The van der Waals surface area contributed by atoms with Crippen molar-refractivity contribution in [1.82, 2.24) is 0 Å². The van der Waals surface area contributed by atoms with Gasteiger partial charge in [-0.2, -0.15) is 0 Å². The smallest absolute Gasteiger partial charge is 0.271 e. The van der Waals surface area contributed by atoms with Gasteiger partial charge in [-0.15, -0.1) is 11.3 Å². The van der Waals surface area contributed by atoms with Gasteiger partial charge in [0.2, 0.25) is 5.91 Å². The van der Waals surface area contributed by atoms with Crippen LogP contribution in [0.2, 0.25) is 5.02 Å². The van der Waals surface area contributed by atoms with Crippen LogP contribution in [-0.4, -0.2) is 10.8 Å². The molecule has 0 fully saturated rings. The molecule has 0 saturated heterocycles. The van der Waals surface area contributed by atoms with Gasteiger partial charge in [0.25, 0.3) is 5.69 Å². The molecule has 3 N–H and O–H groups in total. The Morgan fingerprint density at radius 1 is 1.45 bits per heavy atom. The third-order valence-electron chi connectivity index (χ3n) is 2.55. The Labute approximate surface area is 123 Å². The van der Waals surface area contributed by atoms with E-state index in [1.807, 2.05) is 5.38 Å². The van der Waals surface area contributed by atoms with E-state index in [-0.39, 0.29) is 16.4 Å². The third-order valence-corrected chi connectivity index (χ3v) is 3.84. The molecule has 2 aromatic rings. The number of thiophene rings is 1. The SMILES string of the molecule is NC(C(=O)Nc1cc([N+](=O)[O-])ccc1Cl)c1cccs1. The molecule has 0 spiro atoms. The summed E-state index contributed by atoms with van der Waals surface area (Å²) in [6.45, 7) is 0. The topological polar surface area (TPSA) is 98.3 Å². The maximum absolute atomic E-state index is 12.0. The number of benzene rings is 1. The summed E-state index contributed by atoms with van der Waals surface area (Å²) < 4.78 is 0. The highest BCUT2D eigenvalue weighted by atomic mass is 35.5. The first kappa shape index (κ1) is 14.4. The summed E-state index contributed by atoms with van der Waals surface area (Å²) in [6, 6.07) is 6.49. The van der Waals surface area contributed by atoms with Crippen LogP contribution in [-0.2, 0) is 4.79 Å². The number of nitro benzene ring substituents is 1. The van der Waals surface area contributed by atoms with Crippen LogP contribution in [0.3, 0.4) is 0 Å². The monoisotopic (exact) mass is 311 g/mol. The van der Waals surface area contributed by atoms with Crippen LogP contribution in [0, 0.1) is 10.1 Å². The van der Waals surface area contributed by atoms with E-state index in [9.17, 15) is 14.9 Å². The minimum Gasteiger partial charge on any atom is -0.323 e. The van der Waals surface area contributed by atoms with Crippen molar-refractivity contribution >= 4 is 40.2 Å². The molecule has 1 unspecified atom stereocenters. The molecule has 1 aromatic heterocycles. The molecule has 0 aliphatic carbocycles. The second-order valence-electron chi connectivity index (χ2n) is 3.90. The molecule has 0 aliphatic heterocycles. The number of hydrogen-bond acceptors (Lipinski definition) is 5. The maximum Gasteiger partial charge on any atom is 0.271 e. The Balaban J connectivity index is 2.19. The van der Waals surface area contributed by atoms with E-state index in [2.05, 4.69) is 5.32 Å². The predicted molar refractivity (Wildman–Crippen MR) is 78.0 cm³/mol. The highest BCUT2D eigenvalue weighted by Crippen LogP contribution is 2.28. The molecule has 104 valence electrons. The van der Waals surface area contributed by atoms with E-state index in [0.717, 1.165) is 0 Å². The van der Waals surface area contributed by atoms with Gasteiger partial charge in [0, 0.05) is 17.0 Å². The van der Waals surface area contributed by atoms with Crippen molar-refractivity contribution in [3.05, 3.63) is 55.7 Å². The van der Waals surface area contributed by atoms with Gasteiger partial charge in [-0.1, -0.05) is 17.7 Å². The van der Waals surface area contributed by atoms with Crippen molar-refractivity contribution in [2.45, 2.75) is 6.04 Å². The largest absolute Gasteiger partial charge is 0.323 e. The molecule has 20 heavy (non-hydrogen) atoms. The summed E-state index contributed by atoms with van der Waals surface area (Å²) in [6.07, 6.45) is 0. The Morgan fingerprint density at radius 3 is 2.80 bits per heavy atom. The van der Waals surface area contributed by atoms with E-state index in [1.165, 1.54) is 29.5 Å². The number of halogens is 1. The van der Waals surface area contributed by atoms with Crippen molar-refractivity contribution in [2.75, 3.05) is 5.32 Å². The van der Waals surface area contributed by atoms with E-state index in [4.69, 9.17) is 17.3 Å². The lowest BCUT2D eigenvalue weighted by Gasteiger charge is -2.11. The van der Waals surface area contributed by atoms with Gasteiger partial charge >= 0.3 is 0 Å². The lowest BCUT2D eigenvalue weighted by molar-refractivity contribution is -0.384. The highest BCUT2D eigenvalue weighted by Gasteiger charge is 2.19. The minimum absolute atomic E-state index is 0.158. The van der Waals surface area contributed by atoms with E-state index in [1.54, 1.807) is 12.1 Å². The Hall–Kier alpha value is -1.96. The number of carbonyl (C=O) groups is 1. The summed E-state index contributed by atoms with van der Waals surface area (Å²) in [5.41, 5.74) is 5.81. The minimum atomic E-state index is -0.842. The molecule has 6 nitrogen and oxygen atoms in total. The molecule has 1 heterocycles. The van der Waals surface area contributed by atoms with E-state index in [0.29, 0.717) is 4.88 Å². The number of nitrogens with one attached hydrogen (secondary N) is 1. The molecule has 0 aliphatic rings. The standard InChI is InChI=1S/C12H10ClN3O3S/c13-8-4-3-7(16(18)19)6-9(8)15-12(17)11(14)10-2-1-5-20-10/h1-6,11H,14H2,(H,15,17). The second-order valence-corrected chi connectivity index (χ2v) is 5.29. The summed E-state index contributed by atoms with van der Waals surface area (Å²) in [4.78, 5) is 22.8. The van der Waals surface area contributed by atoms with Crippen LogP contribution in [0.15, 0.2) is 35.7 Å². The van der Waals surface area contributed by atoms with Crippen molar-refractivity contribution < 1.29 is 9.72 Å². The molecule has 1 amide bonds. The zero-order chi connectivity index (χ0) is 14.7. The molecule has 1 aromatic carbocycles. The van der Waals surface area contributed by atoms with Crippen LogP contribution in [0.4, 0.5) is 11.4 Å². The molecule has 8 heteroatoms. The van der Waals surface area contributed by atoms with Crippen molar-refractivity contribution in [1.29, 1.82) is 0 Å². The van der Waals surface area contributed by atoms with Gasteiger partial charge in [0.1, 0.15) is 6.04 Å². The fraction of sp³-hybridized carbons (Fsp3) is 0.0833. The first-order chi connectivity index (χ1) is 9.49. The van der Waals surface area contributed by atoms with Crippen molar-refractivity contribution in [2.24, 2.45) is 5.73 Å². The van der Waals surface area contributed by atoms with Gasteiger partial charge < -0.3 is 11.1 Å². The summed E-state index contributed by atoms with van der Waals surface area (Å²) in [5.74, 6) is -0.477. The number of hydrogen-bond donors (Lipinski definition) is 2. The van der Waals surface area contributed by atoms with Crippen LogP contribution in [0.1, 0.15) is 10.9 Å². The van der Waals surface area contributed by atoms with Gasteiger partial charge in [-0.25, -0.2) is 0 Å². The number of nitro groups is 1. The molecule has 0 bridgehead atoms. The molecule has 0 radical (unpaired) electrons. The average Bonchev–Trinajstić information content (AvgIpc) is 2.94. The zero-order valence-corrected chi connectivity index (χ0v) is 11.6. The fourth-order valence-electron chi connectivity index (χ4n) is 1.53. The van der Waals surface area contributed by atoms with E-state index >= 15 is 0 Å². The lowest BCUT2D eigenvalue weighted by Crippen LogP contribution is -2.27. The number of amides is 1. The van der Waals surface area contributed by atoms with Gasteiger partial charge in [0.15, 0.2) is 0 Å². The maximum atomic E-state index is 12.0. The summed E-state index contributed by atoms with van der Waals surface area (Å²) >= 11 is 7.25. The summed E-state index contributed by atoms with van der Waals surface area (Å²) in [5, 5.41) is 15.2. The summed E-state index contributed by atoms with van der Waals surface area (Å²) in [7, 11) is 0. The Morgan fingerprint density at radius 2 is 2.20 bits per heavy atom. The number of anilines is 1. The second kappa shape index (κ2) is 6.00. The Bertz CT molecular complexity index is 645. The van der Waals surface area contributed by atoms with Gasteiger partial charge in [-0.05, 0) is 17.5 Å². The molecule has 2 rings (SSSR count). The molecule has 0 saturated carbocycles. The first-order valence-corrected chi connectivity index (χ1v) is 6.78. The normalized spacial score (nSPS) is 11.9. The number of nitrogens with zero attached hydrogens (tertiary/aromatic N) is 1. The van der Waals surface area contributed by atoms with Gasteiger partial charge in [-0.3, -0.25) is 14.9 Å². The van der Waals surface area contributed by atoms with Crippen molar-refractivity contribution in [3.63, 3.8) is 0 Å². The van der Waals surface area contributed by atoms with Crippen LogP contribution < -0.4 is 11.1 Å². The fourth-order valence-corrected chi connectivity index (χ4v) is 2.42. The third kappa shape index (κ3) is 3.13. The van der Waals surface area contributed by atoms with Crippen LogP contribution in [0.5, 0.6) is 0 Å². The van der Waals surface area contributed by atoms with Crippen molar-refractivity contribution in [3.8, 4) is 0 Å². The molecule has 1 atom stereocenters. The van der Waals surface area contributed by atoms with Crippen LogP contribution in [0.25, 0.3) is 0 Å². The number of rotatable bonds is 4. The molecular formula is C12H10ClN3O3S. The predicted octanol–water partition coefficient (Wildman–Crippen LogP) is 2.95. The average molecular weight is 312 g/mol.